The normalized spacial score (nSPS) is 18.8. The summed E-state index contributed by atoms with van der Waals surface area (Å²) in [7, 11) is -3.33. The lowest BCUT2D eigenvalue weighted by molar-refractivity contribution is 0.152. The van der Waals surface area contributed by atoms with E-state index < -0.39 is 10.0 Å². The zero-order valence-corrected chi connectivity index (χ0v) is 15.1. The molecule has 114 valence electrons. The number of hydrogen-bond acceptors (Lipinski definition) is 4. The largest absolute Gasteiger partial charge is 0.301 e. The molecule has 1 saturated heterocycles. The van der Waals surface area contributed by atoms with Crippen molar-refractivity contribution in [1.82, 2.24) is 9.21 Å². The summed E-state index contributed by atoms with van der Waals surface area (Å²) < 4.78 is 27.9. The van der Waals surface area contributed by atoms with Crippen LogP contribution in [0.25, 0.3) is 0 Å². The fourth-order valence-corrected chi connectivity index (χ4v) is 6.69. The minimum absolute atomic E-state index is 0.429. The van der Waals surface area contributed by atoms with E-state index in [1.165, 1.54) is 11.3 Å². The average Bonchev–Trinajstić information content (AvgIpc) is 2.88. The molecule has 20 heavy (non-hydrogen) atoms. The van der Waals surface area contributed by atoms with Crippen LogP contribution in [0.4, 0.5) is 0 Å². The maximum Gasteiger partial charge on any atom is 0.253 e. The van der Waals surface area contributed by atoms with Crippen molar-refractivity contribution in [3.63, 3.8) is 0 Å². The molecule has 0 aliphatic carbocycles. The van der Waals surface area contributed by atoms with Gasteiger partial charge in [0.2, 0.25) is 0 Å². The maximum absolute atomic E-state index is 12.6. The van der Waals surface area contributed by atoms with Gasteiger partial charge < -0.3 is 4.90 Å². The number of thiophene rings is 1. The summed E-state index contributed by atoms with van der Waals surface area (Å²) in [4.78, 5) is 2.42. The van der Waals surface area contributed by atoms with Crippen LogP contribution in [0.5, 0.6) is 0 Å². The fraction of sp³-hybridized carbons (Fsp3) is 0.692. The lowest BCUT2D eigenvalue weighted by Gasteiger charge is -2.36. The minimum atomic E-state index is -3.33. The molecule has 0 spiro atoms. The smallest absolute Gasteiger partial charge is 0.253 e. The third-order valence-electron chi connectivity index (χ3n) is 3.91. The van der Waals surface area contributed by atoms with Crippen molar-refractivity contribution in [2.45, 2.75) is 36.9 Å². The molecule has 0 amide bonds. The number of hydrogen-bond donors (Lipinski definition) is 0. The van der Waals surface area contributed by atoms with Gasteiger partial charge in [-0.15, -0.1) is 11.3 Å². The Hall–Kier alpha value is 0.0500. The first kappa shape index (κ1) is 16.4. The molecule has 0 unspecified atom stereocenters. The first-order valence-corrected chi connectivity index (χ1v) is 10.1. The predicted octanol–water partition coefficient (Wildman–Crippen LogP) is 3.01. The zero-order chi connectivity index (χ0) is 14.8. The van der Waals surface area contributed by atoms with E-state index >= 15 is 0 Å². The van der Waals surface area contributed by atoms with Crippen LogP contribution in [-0.2, 0) is 10.0 Å². The molecule has 0 saturated carbocycles. The van der Waals surface area contributed by atoms with E-state index in [4.69, 9.17) is 0 Å². The van der Waals surface area contributed by atoms with Crippen molar-refractivity contribution in [1.29, 1.82) is 0 Å². The molecule has 1 aliphatic heterocycles. The van der Waals surface area contributed by atoms with Gasteiger partial charge >= 0.3 is 0 Å². The van der Waals surface area contributed by atoms with E-state index in [0.29, 0.717) is 27.8 Å². The molecular weight excluding hydrogens is 360 g/mol. The Morgan fingerprint density at radius 2 is 1.95 bits per heavy atom. The van der Waals surface area contributed by atoms with Gasteiger partial charge in [0.1, 0.15) is 4.21 Å². The molecule has 2 rings (SSSR count). The van der Waals surface area contributed by atoms with Gasteiger partial charge in [-0.25, -0.2) is 8.42 Å². The maximum atomic E-state index is 12.6. The number of halogens is 1. The Morgan fingerprint density at radius 3 is 2.40 bits per heavy atom. The lowest BCUT2D eigenvalue weighted by atomic mass is 10.1. The van der Waals surface area contributed by atoms with Gasteiger partial charge in [-0.1, -0.05) is 13.8 Å². The molecule has 0 N–H and O–H groups in total. The number of nitrogens with zero attached hydrogens (tertiary/aromatic N) is 2. The van der Waals surface area contributed by atoms with E-state index in [9.17, 15) is 8.42 Å². The number of piperidine rings is 1. The Bertz CT molecular complexity index is 532. The summed E-state index contributed by atoms with van der Waals surface area (Å²) in [6.45, 7) is 7.63. The molecule has 2 heterocycles. The lowest BCUT2D eigenvalue weighted by Crippen LogP contribution is -2.46. The standard InChI is InChI=1S/C13H21BrN2O2S2/c1-3-15(4-2)11-5-8-16(9-6-11)20(17,18)13-12(14)7-10-19-13/h7,10-11H,3-6,8-9H2,1-2H3. The van der Waals surface area contributed by atoms with Crippen LogP contribution in [-0.4, -0.2) is 49.8 Å². The van der Waals surface area contributed by atoms with E-state index in [1.54, 1.807) is 15.8 Å². The van der Waals surface area contributed by atoms with E-state index in [2.05, 4.69) is 34.7 Å². The van der Waals surface area contributed by atoms with Crippen molar-refractivity contribution in [3.05, 3.63) is 15.9 Å². The second-order valence-electron chi connectivity index (χ2n) is 4.91. The molecule has 0 bridgehead atoms. The molecule has 1 aliphatic rings. The van der Waals surface area contributed by atoms with Crippen molar-refractivity contribution in [2.75, 3.05) is 26.2 Å². The Balaban J connectivity index is 2.06. The van der Waals surface area contributed by atoms with Gasteiger partial charge in [0, 0.05) is 23.6 Å². The molecule has 4 nitrogen and oxygen atoms in total. The molecule has 0 aromatic carbocycles. The third-order valence-corrected chi connectivity index (χ3v) is 8.46. The molecule has 7 heteroatoms. The van der Waals surface area contributed by atoms with Crippen LogP contribution < -0.4 is 0 Å². The van der Waals surface area contributed by atoms with Crippen molar-refractivity contribution in [3.8, 4) is 0 Å². The molecule has 0 radical (unpaired) electrons. The van der Waals surface area contributed by atoms with Crippen LogP contribution in [0.2, 0.25) is 0 Å². The highest BCUT2D eigenvalue weighted by Crippen LogP contribution is 2.32. The van der Waals surface area contributed by atoms with Crippen LogP contribution in [0.15, 0.2) is 20.1 Å². The summed E-state index contributed by atoms with van der Waals surface area (Å²) in [5.41, 5.74) is 0. The van der Waals surface area contributed by atoms with Crippen LogP contribution in [0.3, 0.4) is 0 Å². The fourth-order valence-electron chi connectivity index (χ4n) is 2.77. The quantitative estimate of drug-likeness (QED) is 0.787. The Kier molecular flexibility index (Phi) is 5.64. The first-order valence-electron chi connectivity index (χ1n) is 6.97. The molecule has 1 fully saturated rings. The summed E-state index contributed by atoms with van der Waals surface area (Å²) >= 11 is 4.60. The predicted molar refractivity (Wildman–Crippen MR) is 86.7 cm³/mol. The van der Waals surface area contributed by atoms with Crippen LogP contribution >= 0.6 is 27.3 Å². The second kappa shape index (κ2) is 6.87. The van der Waals surface area contributed by atoms with Crippen LogP contribution in [0.1, 0.15) is 26.7 Å². The summed E-state index contributed by atoms with van der Waals surface area (Å²) in [6, 6.07) is 2.31. The number of sulfonamides is 1. The summed E-state index contributed by atoms with van der Waals surface area (Å²) in [6.07, 6.45) is 1.84. The van der Waals surface area contributed by atoms with Gasteiger partial charge in [-0.2, -0.15) is 4.31 Å². The van der Waals surface area contributed by atoms with Crippen molar-refractivity contribution >= 4 is 37.3 Å². The SMILES string of the molecule is CCN(CC)C1CCN(S(=O)(=O)c2sccc2Br)CC1. The second-order valence-corrected chi connectivity index (χ2v) is 8.82. The third kappa shape index (κ3) is 3.27. The van der Waals surface area contributed by atoms with Gasteiger partial charge in [0.25, 0.3) is 10.0 Å². The van der Waals surface area contributed by atoms with Gasteiger partial charge in [0.05, 0.1) is 0 Å². The first-order chi connectivity index (χ1) is 9.50. The van der Waals surface area contributed by atoms with Crippen LogP contribution in [0, 0.1) is 0 Å². The summed E-state index contributed by atoms with van der Waals surface area (Å²) in [5, 5.41) is 1.81. The Labute approximate surface area is 133 Å². The van der Waals surface area contributed by atoms with Crippen molar-refractivity contribution < 1.29 is 8.42 Å². The van der Waals surface area contributed by atoms with Gasteiger partial charge in [-0.05, 0) is 53.3 Å². The highest BCUT2D eigenvalue weighted by molar-refractivity contribution is 9.10. The van der Waals surface area contributed by atoms with Gasteiger partial charge in [-0.3, -0.25) is 0 Å². The number of rotatable bonds is 5. The summed E-state index contributed by atoms with van der Waals surface area (Å²) in [5.74, 6) is 0. The molecular formula is C13H21BrN2O2S2. The van der Waals surface area contributed by atoms with E-state index in [0.717, 1.165) is 25.9 Å². The molecule has 0 atom stereocenters. The minimum Gasteiger partial charge on any atom is -0.301 e. The highest BCUT2D eigenvalue weighted by atomic mass is 79.9. The van der Waals surface area contributed by atoms with E-state index in [1.807, 2.05) is 0 Å². The highest BCUT2D eigenvalue weighted by Gasteiger charge is 2.32. The van der Waals surface area contributed by atoms with E-state index in [-0.39, 0.29) is 0 Å². The average molecular weight is 381 g/mol. The van der Waals surface area contributed by atoms with Crippen molar-refractivity contribution in [2.24, 2.45) is 0 Å². The zero-order valence-electron chi connectivity index (χ0n) is 11.9. The monoisotopic (exact) mass is 380 g/mol. The molecule has 1 aromatic rings. The van der Waals surface area contributed by atoms with Gasteiger partial charge in [0.15, 0.2) is 0 Å². The Morgan fingerprint density at radius 1 is 1.35 bits per heavy atom. The topological polar surface area (TPSA) is 40.6 Å². The molecule has 1 aromatic heterocycles.